The van der Waals surface area contributed by atoms with Crippen LogP contribution in [0.25, 0.3) is 0 Å². The quantitative estimate of drug-likeness (QED) is 0.879. The topological polar surface area (TPSA) is 75.4 Å². The van der Waals surface area contributed by atoms with Crippen LogP contribution in [0, 0.1) is 12.8 Å². The summed E-state index contributed by atoms with van der Waals surface area (Å²) in [5.74, 6) is 1.12. The SMILES string of the molecule is Cc1cnc(CN2CCC(=O)NC(C(C)C)C2=O)o1. The molecule has 1 N–H and O–H groups in total. The van der Waals surface area contributed by atoms with Crippen molar-refractivity contribution in [2.45, 2.75) is 39.8 Å². The second-order valence-corrected chi connectivity index (χ2v) is 5.16. The second-order valence-electron chi connectivity index (χ2n) is 5.16. The average Bonchev–Trinajstić information content (AvgIpc) is 2.69. The molecule has 1 aliphatic rings. The summed E-state index contributed by atoms with van der Waals surface area (Å²) in [6.45, 7) is 6.35. The fourth-order valence-corrected chi connectivity index (χ4v) is 2.10. The van der Waals surface area contributed by atoms with E-state index >= 15 is 0 Å². The highest BCUT2D eigenvalue weighted by Crippen LogP contribution is 2.14. The van der Waals surface area contributed by atoms with Gasteiger partial charge in [0.2, 0.25) is 17.7 Å². The average molecular weight is 265 g/mol. The normalized spacial score (nSPS) is 20.6. The fraction of sp³-hybridized carbons (Fsp3) is 0.615. The molecule has 0 aliphatic carbocycles. The Morgan fingerprint density at radius 2 is 2.26 bits per heavy atom. The predicted octanol–water partition coefficient (Wildman–Crippen LogP) is 0.856. The molecule has 6 heteroatoms. The Labute approximate surface area is 112 Å². The summed E-state index contributed by atoms with van der Waals surface area (Å²) in [5, 5.41) is 2.77. The maximum atomic E-state index is 12.4. The van der Waals surface area contributed by atoms with Gasteiger partial charge in [0, 0.05) is 13.0 Å². The molecule has 0 radical (unpaired) electrons. The van der Waals surface area contributed by atoms with Gasteiger partial charge in [0.25, 0.3) is 0 Å². The molecule has 2 amide bonds. The van der Waals surface area contributed by atoms with E-state index in [-0.39, 0.29) is 17.7 Å². The zero-order valence-electron chi connectivity index (χ0n) is 11.5. The van der Waals surface area contributed by atoms with E-state index in [0.29, 0.717) is 31.2 Å². The molecule has 1 aromatic heterocycles. The van der Waals surface area contributed by atoms with Gasteiger partial charge in [-0.3, -0.25) is 9.59 Å². The number of oxazole rings is 1. The van der Waals surface area contributed by atoms with Crippen LogP contribution in [0.15, 0.2) is 10.6 Å². The van der Waals surface area contributed by atoms with Crippen molar-refractivity contribution >= 4 is 11.8 Å². The minimum Gasteiger partial charge on any atom is -0.444 e. The number of hydrogen-bond acceptors (Lipinski definition) is 4. The fourth-order valence-electron chi connectivity index (χ4n) is 2.10. The van der Waals surface area contributed by atoms with Crippen LogP contribution in [0.5, 0.6) is 0 Å². The van der Waals surface area contributed by atoms with Gasteiger partial charge in [0.1, 0.15) is 11.8 Å². The number of aromatic nitrogens is 1. The molecule has 1 atom stereocenters. The molecule has 0 spiro atoms. The molecular formula is C13H19N3O3. The van der Waals surface area contributed by atoms with E-state index in [1.165, 1.54) is 0 Å². The van der Waals surface area contributed by atoms with Gasteiger partial charge in [-0.15, -0.1) is 0 Å². The van der Waals surface area contributed by atoms with Crippen LogP contribution in [-0.4, -0.2) is 34.3 Å². The number of amides is 2. The number of rotatable bonds is 3. The first-order valence-electron chi connectivity index (χ1n) is 6.47. The van der Waals surface area contributed by atoms with Crippen LogP contribution < -0.4 is 5.32 Å². The Balaban J connectivity index is 2.14. The van der Waals surface area contributed by atoms with Crippen molar-refractivity contribution in [1.29, 1.82) is 0 Å². The van der Waals surface area contributed by atoms with Crippen LogP contribution in [-0.2, 0) is 16.1 Å². The Hall–Kier alpha value is -1.85. The first kappa shape index (κ1) is 13.6. The van der Waals surface area contributed by atoms with E-state index in [4.69, 9.17) is 4.42 Å². The molecule has 104 valence electrons. The number of carbonyl (C=O) groups is 2. The number of carbonyl (C=O) groups excluding carboxylic acids is 2. The zero-order valence-corrected chi connectivity index (χ0v) is 11.5. The van der Waals surface area contributed by atoms with Crippen LogP contribution in [0.4, 0.5) is 0 Å². The summed E-state index contributed by atoms with van der Waals surface area (Å²) < 4.78 is 5.39. The standard InChI is InChI=1S/C13H19N3O3/c1-8(2)12-13(18)16(5-4-10(17)15-12)7-11-14-6-9(3)19-11/h6,8,12H,4-5,7H2,1-3H3,(H,15,17). The second kappa shape index (κ2) is 5.42. The van der Waals surface area contributed by atoms with Gasteiger partial charge in [-0.1, -0.05) is 13.8 Å². The molecule has 2 heterocycles. The largest absolute Gasteiger partial charge is 0.444 e. The summed E-state index contributed by atoms with van der Waals surface area (Å²) in [7, 11) is 0. The summed E-state index contributed by atoms with van der Waals surface area (Å²) in [6.07, 6.45) is 1.94. The van der Waals surface area contributed by atoms with Crippen LogP contribution in [0.1, 0.15) is 31.9 Å². The summed E-state index contributed by atoms with van der Waals surface area (Å²) in [4.78, 5) is 29.7. The predicted molar refractivity (Wildman–Crippen MR) is 68.0 cm³/mol. The molecule has 2 rings (SSSR count). The number of nitrogens with one attached hydrogen (secondary N) is 1. The van der Waals surface area contributed by atoms with Crippen molar-refractivity contribution in [2.24, 2.45) is 5.92 Å². The van der Waals surface area contributed by atoms with Gasteiger partial charge in [0.15, 0.2) is 0 Å². The molecule has 1 fully saturated rings. The lowest BCUT2D eigenvalue weighted by Gasteiger charge is -2.24. The highest BCUT2D eigenvalue weighted by molar-refractivity contribution is 5.90. The lowest BCUT2D eigenvalue weighted by molar-refractivity contribution is -0.135. The highest BCUT2D eigenvalue weighted by Gasteiger charge is 2.32. The molecule has 0 bridgehead atoms. The first-order chi connectivity index (χ1) is 8.97. The third-order valence-electron chi connectivity index (χ3n) is 3.16. The molecule has 1 aliphatic heterocycles. The highest BCUT2D eigenvalue weighted by atomic mass is 16.4. The van der Waals surface area contributed by atoms with Gasteiger partial charge in [-0.05, 0) is 12.8 Å². The molecule has 0 aromatic carbocycles. The van der Waals surface area contributed by atoms with E-state index in [0.717, 1.165) is 0 Å². The van der Waals surface area contributed by atoms with Crippen molar-refractivity contribution < 1.29 is 14.0 Å². The number of nitrogens with zero attached hydrogens (tertiary/aromatic N) is 2. The summed E-state index contributed by atoms with van der Waals surface area (Å²) in [5.41, 5.74) is 0. The van der Waals surface area contributed by atoms with E-state index in [2.05, 4.69) is 10.3 Å². The monoisotopic (exact) mass is 265 g/mol. The van der Waals surface area contributed by atoms with E-state index in [9.17, 15) is 9.59 Å². The Morgan fingerprint density at radius 3 is 2.84 bits per heavy atom. The lowest BCUT2D eigenvalue weighted by Crippen LogP contribution is -2.47. The summed E-state index contributed by atoms with van der Waals surface area (Å²) in [6, 6.07) is -0.467. The van der Waals surface area contributed by atoms with Crippen LogP contribution >= 0.6 is 0 Å². The minimum absolute atomic E-state index is 0.0587. The van der Waals surface area contributed by atoms with Gasteiger partial charge in [0.05, 0.1) is 12.7 Å². The van der Waals surface area contributed by atoms with Gasteiger partial charge in [-0.25, -0.2) is 4.98 Å². The minimum atomic E-state index is -0.467. The van der Waals surface area contributed by atoms with Gasteiger partial charge in [-0.2, -0.15) is 0 Å². The molecule has 1 saturated heterocycles. The summed E-state index contributed by atoms with van der Waals surface area (Å²) >= 11 is 0. The maximum Gasteiger partial charge on any atom is 0.245 e. The van der Waals surface area contributed by atoms with Crippen LogP contribution in [0.3, 0.4) is 0 Å². The molecule has 19 heavy (non-hydrogen) atoms. The molecule has 0 saturated carbocycles. The smallest absolute Gasteiger partial charge is 0.245 e. The lowest BCUT2D eigenvalue weighted by atomic mass is 10.0. The molecule has 1 aromatic rings. The molecule has 1 unspecified atom stereocenters. The number of aryl methyl sites for hydroxylation is 1. The molecular weight excluding hydrogens is 246 g/mol. The van der Waals surface area contributed by atoms with Crippen LogP contribution in [0.2, 0.25) is 0 Å². The van der Waals surface area contributed by atoms with Gasteiger partial charge >= 0.3 is 0 Å². The zero-order chi connectivity index (χ0) is 14.0. The molecule has 6 nitrogen and oxygen atoms in total. The first-order valence-corrected chi connectivity index (χ1v) is 6.47. The van der Waals surface area contributed by atoms with E-state index < -0.39 is 6.04 Å². The van der Waals surface area contributed by atoms with Crippen molar-refractivity contribution in [3.63, 3.8) is 0 Å². The van der Waals surface area contributed by atoms with Crippen molar-refractivity contribution in [2.75, 3.05) is 6.54 Å². The Bertz CT molecular complexity index is 481. The number of hydrogen-bond donors (Lipinski definition) is 1. The maximum absolute atomic E-state index is 12.4. The third kappa shape index (κ3) is 3.13. The van der Waals surface area contributed by atoms with E-state index in [1.807, 2.05) is 20.8 Å². The van der Waals surface area contributed by atoms with Crippen molar-refractivity contribution in [3.05, 3.63) is 17.8 Å². The van der Waals surface area contributed by atoms with Crippen molar-refractivity contribution in [3.8, 4) is 0 Å². The van der Waals surface area contributed by atoms with Crippen molar-refractivity contribution in [1.82, 2.24) is 15.2 Å². The Kier molecular flexibility index (Phi) is 3.87. The van der Waals surface area contributed by atoms with E-state index in [1.54, 1.807) is 11.1 Å². The van der Waals surface area contributed by atoms with Gasteiger partial charge < -0.3 is 14.6 Å². The third-order valence-corrected chi connectivity index (χ3v) is 3.16. The Morgan fingerprint density at radius 1 is 1.53 bits per heavy atom.